The van der Waals surface area contributed by atoms with Crippen LogP contribution in [-0.2, 0) is 18.4 Å². The topological polar surface area (TPSA) is 73.1 Å². The minimum atomic E-state index is -0.0316. The highest BCUT2D eigenvalue weighted by Gasteiger charge is 2.20. The van der Waals surface area contributed by atoms with E-state index in [9.17, 15) is 4.79 Å². The molecule has 0 spiro atoms. The SMILES string of the molecule is COc1cncc(-c2cn(-c3cc(CC(=O)c4cc(CN5CCCC5)cc(C(C)(C)C)c4)ccc3C)nn2)c1. The summed E-state index contributed by atoms with van der Waals surface area (Å²) in [7, 11) is 1.61. The second kappa shape index (κ2) is 11.1. The Morgan fingerprint density at radius 3 is 2.54 bits per heavy atom. The molecule has 202 valence electrons. The quantitative estimate of drug-likeness (QED) is 0.265. The van der Waals surface area contributed by atoms with Crippen molar-refractivity contribution in [2.45, 2.75) is 58.9 Å². The Labute approximate surface area is 230 Å². The number of methoxy groups -OCH3 is 1. The first-order chi connectivity index (χ1) is 18.7. The van der Waals surface area contributed by atoms with Gasteiger partial charge in [-0.3, -0.25) is 14.7 Å². The highest BCUT2D eigenvalue weighted by atomic mass is 16.5. The average Bonchev–Trinajstić information content (AvgIpc) is 3.62. The molecular formula is C32H37N5O2. The van der Waals surface area contributed by atoms with Gasteiger partial charge in [-0.05, 0) is 84.8 Å². The summed E-state index contributed by atoms with van der Waals surface area (Å²) in [4.78, 5) is 20.3. The van der Waals surface area contributed by atoms with Gasteiger partial charge in [0, 0.05) is 30.3 Å². The van der Waals surface area contributed by atoms with Gasteiger partial charge in [0.1, 0.15) is 11.4 Å². The maximum Gasteiger partial charge on any atom is 0.167 e. The van der Waals surface area contributed by atoms with E-state index in [1.807, 2.05) is 37.4 Å². The molecule has 7 heteroatoms. The average molecular weight is 524 g/mol. The fourth-order valence-electron chi connectivity index (χ4n) is 5.06. The van der Waals surface area contributed by atoms with Gasteiger partial charge in [-0.25, -0.2) is 4.68 Å². The molecule has 0 radical (unpaired) electrons. The molecule has 3 heterocycles. The number of Topliss-reactive ketones (excluding diaryl/α,β-unsaturated/α-hetero) is 1. The molecule has 0 amide bonds. The van der Waals surface area contributed by atoms with E-state index in [0.29, 0.717) is 17.9 Å². The van der Waals surface area contributed by atoms with E-state index in [2.05, 4.69) is 59.2 Å². The van der Waals surface area contributed by atoms with Crippen LogP contribution in [0.15, 0.2) is 61.1 Å². The lowest BCUT2D eigenvalue weighted by Gasteiger charge is -2.23. The second-order valence-corrected chi connectivity index (χ2v) is 11.5. The third-order valence-corrected chi connectivity index (χ3v) is 7.41. The van der Waals surface area contributed by atoms with E-state index in [4.69, 9.17) is 4.74 Å². The van der Waals surface area contributed by atoms with Crippen LogP contribution in [-0.4, -0.2) is 50.9 Å². The van der Waals surface area contributed by atoms with Gasteiger partial charge in [-0.2, -0.15) is 0 Å². The van der Waals surface area contributed by atoms with E-state index in [-0.39, 0.29) is 11.2 Å². The van der Waals surface area contributed by atoms with Crippen molar-refractivity contribution in [2.75, 3.05) is 20.2 Å². The zero-order valence-electron chi connectivity index (χ0n) is 23.6. The molecule has 5 rings (SSSR count). The molecule has 1 saturated heterocycles. The maximum absolute atomic E-state index is 13.6. The summed E-state index contributed by atoms with van der Waals surface area (Å²) in [5.74, 6) is 0.790. The predicted octanol–water partition coefficient (Wildman–Crippen LogP) is 5.97. The molecule has 1 aliphatic heterocycles. The van der Waals surface area contributed by atoms with Gasteiger partial charge in [-0.15, -0.1) is 5.10 Å². The molecule has 0 atom stereocenters. The molecular weight excluding hydrogens is 486 g/mol. The molecule has 4 aromatic rings. The molecule has 1 fully saturated rings. The highest BCUT2D eigenvalue weighted by Crippen LogP contribution is 2.27. The largest absolute Gasteiger partial charge is 0.495 e. The van der Waals surface area contributed by atoms with Crippen molar-refractivity contribution < 1.29 is 9.53 Å². The fourth-order valence-corrected chi connectivity index (χ4v) is 5.06. The predicted molar refractivity (Wildman–Crippen MR) is 154 cm³/mol. The number of likely N-dealkylation sites (tertiary alicyclic amines) is 1. The summed E-state index contributed by atoms with van der Waals surface area (Å²) in [6, 6.07) is 14.4. The molecule has 39 heavy (non-hydrogen) atoms. The van der Waals surface area contributed by atoms with E-state index in [0.717, 1.165) is 47.6 Å². The smallest absolute Gasteiger partial charge is 0.167 e. The van der Waals surface area contributed by atoms with Crippen molar-refractivity contribution in [3.05, 3.63) is 88.9 Å². The van der Waals surface area contributed by atoms with Crippen LogP contribution in [0.5, 0.6) is 5.75 Å². The van der Waals surface area contributed by atoms with Crippen LogP contribution in [0.1, 0.15) is 66.2 Å². The van der Waals surface area contributed by atoms with Crippen molar-refractivity contribution in [3.8, 4) is 22.7 Å². The van der Waals surface area contributed by atoms with E-state index >= 15 is 0 Å². The number of carbonyl (C=O) groups excluding carboxylic acids is 1. The summed E-state index contributed by atoms with van der Waals surface area (Å²) in [6.07, 6.45) is 8.11. The number of rotatable bonds is 8. The molecule has 0 saturated carbocycles. The summed E-state index contributed by atoms with van der Waals surface area (Å²) in [6.45, 7) is 11.8. The summed E-state index contributed by atoms with van der Waals surface area (Å²) < 4.78 is 7.05. The Kier molecular flexibility index (Phi) is 7.62. The number of ether oxygens (including phenoxy) is 1. The van der Waals surface area contributed by atoms with Crippen LogP contribution in [0.2, 0.25) is 0 Å². The molecule has 7 nitrogen and oxygen atoms in total. The van der Waals surface area contributed by atoms with Gasteiger partial charge in [0.15, 0.2) is 5.78 Å². The first-order valence-electron chi connectivity index (χ1n) is 13.6. The first-order valence-corrected chi connectivity index (χ1v) is 13.6. The molecule has 0 N–H and O–H groups in total. The number of hydrogen-bond donors (Lipinski definition) is 0. The van der Waals surface area contributed by atoms with Crippen molar-refractivity contribution in [1.82, 2.24) is 24.9 Å². The van der Waals surface area contributed by atoms with Crippen LogP contribution in [0.3, 0.4) is 0 Å². The van der Waals surface area contributed by atoms with Crippen LogP contribution in [0, 0.1) is 6.92 Å². The summed E-state index contributed by atoms with van der Waals surface area (Å²) >= 11 is 0. The van der Waals surface area contributed by atoms with Crippen LogP contribution < -0.4 is 4.74 Å². The first kappa shape index (κ1) is 26.8. The van der Waals surface area contributed by atoms with Crippen molar-refractivity contribution >= 4 is 5.78 Å². The van der Waals surface area contributed by atoms with Crippen molar-refractivity contribution in [2.24, 2.45) is 0 Å². The third-order valence-electron chi connectivity index (χ3n) is 7.41. The van der Waals surface area contributed by atoms with Gasteiger partial charge >= 0.3 is 0 Å². The summed E-state index contributed by atoms with van der Waals surface area (Å²) in [5, 5.41) is 8.71. The van der Waals surface area contributed by atoms with Crippen LogP contribution in [0.25, 0.3) is 16.9 Å². The van der Waals surface area contributed by atoms with E-state index in [1.165, 1.54) is 24.0 Å². The van der Waals surface area contributed by atoms with Gasteiger partial charge in [0.25, 0.3) is 0 Å². The molecule has 1 aliphatic rings. The van der Waals surface area contributed by atoms with E-state index in [1.54, 1.807) is 24.2 Å². The number of carbonyl (C=O) groups is 1. The number of aryl methyl sites for hydroxylation is 1. The normalized spacial score (nSPS) is 14.1. The lowest BCUT2D eigenvalue weighted by Crippen LogP contribution is -2.20. The molecule has 0 bridgehead atoms. The van der Waals surface area contributed by atoms with Gasteiger partial charge in [-0.1, -0.05) is 44.2 Å². The minimum Gasteiger partial charge on any atom is -0.495 e. The minimum absolute atomic E-state index is 0.0316. The Morgan fingerprint density at radius 2 is 1.79 bits per heavy atom. The Hall–Kier alpha value is -3.84. The Balaban J connectivity index is 1.40. The maximum atomic E-state index is 13.6. The van der Waals surface area contributed by atoms with E-state index < -0.39 is 0 Å². The second-order valence-electron chi connectivity index (χ2n) is 11.5. The highest BCUT2D eigenvalue weighted by molar-refractivity contribution is 5.98. The van der Waals surface area contributed by atoms with Crippen molar-refractivity contribution in [1.29, 1.82) is 0 Å². The lowest BCUT2D eigenvalue weighted by molar-refractivity contribution is 0.0992. The van der Waals surface area contributed by atoms with Gasteiger partial charge in [0.05, 0.1) is 25.2 Å². The zero-order chi connectivity index (χ0) is 27.6. The van der Waals surface area contributed by atoms with Crippen LogP contribution >= 0.6 is 0 Å². The zero-order valence-corrected chi connectivity index (χ0v) is 23.6. The van der Waals surface area contributed by atoms with Crippen LogP contribution in [0.4, 0.5) is 0 Å². The number of pyridine rings is 1. The molecule has 0 aliphatic carbocycles. The number of nitrogens with zero attached hydrogens (tertiary/aromatic N) is 5. The van der Waals surface area contributed by atoms with Gasteiger partial charge < -0.3 is 4.74 Å². The number of ketones is 1. The lowest BCUT2D eigenvalue weighted by atomic mass is 9.84. The number of benzene rings is 2. The Morgan fingerprint density at radius 1 is 1.00 bits per heavy atom. The third kappa shape index (κ3) is 6.25. The standard InChI is InChI=1S/C32H37N5O2/c1-22-8-9-23(14-30(22)37-21-29(34-35-37)26-17-28(39-5)19-33-18-26)15-31(38)25-12-24(20-36-10-6-7-11-36)13-27(16-25)32(2,3)4/h8-9,12-14,16-19,21H,6-7,10-11,15,20H2,1-5H3. The molecule has 2 aromatic heterocycles. The van der Waals surface area contributed by atoms with Gasteiger partial charge in [0.2, 0.25) is 0 Å². The monoisotopic (exact) mass is 523 g/mol. The Bertz CT molecular complexity index is 1480. The number of aromatic nitrogens is 4. The summed E-state index contributed by atoms with van der Waals surface area (Å²) in [5.41, 5.74) is 7.60. The number of hydrogen-bond acceptors (Lipinski definition) is 6. The van der Waals surface area contributed by atoms with Crippen molar-refractivity contribution in [3.63, 3.8) is 0 Å². The molecule has 2 aromatic carbocycles. The fraction of sp³-hybridized carbons (Fsp3) is 0.375. The molecule has 0 unspecified atom stereocenters.